The number of halogens is 1. The molecule has 0 atom stereocenters. The van der Waals surface area contributed by atoms with E-state index in [1.54, 1.807) is 23.6 Å². The lowest BCUT2D eigenvalue weighted by atomic mass is 10.4. The summed E-state index contributed by atoms with van der Waals surface area (Å²) in [5.74, 6) is 0.812. The number of aryl methyl sites for hydroxylation is 1. The summed E-state index contributed by atoms with van der Waals surface area (Å²) in [5, 5.41) is 4.70. The molecule has 0 bridgehead atoms. The van der Waals surface area contributed by atoms with Crippen molar-refractivity contribution in [3.63, 3.8) is 0 Å². The van der Waals surface area contributed by atoms with Gasteiger partial charge in [0.1, 0.15) is 5.82 Å². The van der Waals surface area contributed by atoms with Crippen molar-refractivity contribution >= 4 is 50.8 Å². The molecular weight excluding hydrogens is 334 g/mol. The minimum atomic E-state index is -0.0809. The number of rotatable bonds is 4. The van der Waals surface area contributed by atoms with Crippen molar-refractivity contribution in [2.24, 2.45) is 0 Å². The minimum absolute atomic E-state index is 0.0809. The molecule has 0 unspecified atom stereocenters. The molecule has 2 rings (SSSR count). The summed E-state index contributed by atoms with van der Waals surface area (Å²) >= 11 is 6.27. The molecule has 0 spiro atoms. The summed E-state index contributed by atoms with van der Waals surface area (Å²) in [4.78, 5) is 20.0. The number of pyridine rings is 1. The summed E-state index contributed by atoms with van der Waals surface area (Å²) < 4.78 is 1.79. The van der Waals surface area contributed by atoms with Crippen molar-refractivity contribution in [2.45, 2.75) is 11.3 Å². The molecular formula is C11H10BrN3OS2. The minimum Gasteiger partial charge on any atom is -0.310 e. The SMILES string of the molecule is Cc1csc(SCC(=O)Nc2ccc(Br)cn2)n1. The maximum Gasteiger partial charge on any atom is 0.235 e. The lowest BCUT2D eigenvalue weighted by molar-refractivity contribution is -0.113. The highest BCUT2D eigenvalue weighted by molar-refractivity contribution is 9.10. The third-order valence-corrected chi connectivity index (χ3v) is 4.53. The van der Waals surface area contributed by atoms with Gasteiger partial charge < -0.3 is 5.32 Å². The Balaban J connectivity index is 1.83. The van der Waals surface area contributed by atoms with Crippen LogP contribution in [-0.2, 0) is 4.79 Å². The molecule has 94 valence electrons. The molecule has 4 nitrogen and oxygen atoms in total. The van der Waals surface area contributed by atoms with E-state index < -0.39 is 0 Å². The van der Waals surface area contributed by atoms with Crippen LogP contribution in [0.2, 0.25) is 0 Å². The fraction of sp³-hybridized carbons (Fsp3) is 0.182. The van der Waals surface area contributed by atoms with E-state index in [2.05, 4.69) is 31.2 Å². The number of carbonyl (C=O) groups excluding carboxylic acids is 1. The third kappa shape index (κ3) is 4.08. The van der Waals surface area contributed by atoms with Gasteiger partial charge in [-0.25, -0.2) is 9.97 Å². The monoisotopic (exact) mass is 343 g/mol. The van der Waals surface area contributed by atoms with Gasteiger partial charge in [0, 0.05) is 21.7 Å². The summed E-state index contributed by atoms with van der Waals surface area (Å²) in [7, 11) is 0. The zero-order chi connectivity index (χ0) is 13.0. The second-order valence-corrected chi connectivity index (χ2v) is 6.45. The number of nitrogens with one attached hydrogen (secondary N) is 1. The van der Waals surface area contributed by atoms with Gasteiger partial charge in [0.15, 0.2) is 4.34 Å². The number of amides is 1. The molecule has 0 aliphatic carbocycles. The molecule has 0 saturated carbocycles. The molecule has 0 saturated heterocycles. The molecule has 0 aliphatic rings. The maximum atomic E-state index is 11.7. The Morgan fingerprint density at radius 2 is 2.39 bits per heavy atom. The number of carbonyl (C=O) groups is 1. The number of hydrogen-bond acceptors (Lipinski definition) is 5. The van der Waals surface area contributed by atoms with E-state index in [0.717, 1.165) is 14.5 Å². The normalized spacial score (nSPS) is 10.3. The van der Waals surface area contributed by atoms with Crippen molar-refractivity contribution in [2.75, 3.05) is 11.1 Å². The van der Waals surface area contributed by atoms with Crippen LogP contribution in [0.1, 0.15) is 5.69 Å². The predicted octanol–water partition coefficient (Wildman–Crippen LogP) is 3.34. The number of aromatic nitrogens is 2. The van der Waals surface area contributed by atoms with Gasteiger partial charge in [-0.3, -0.25) is 4.79 Å². The van der Waals surface area contributed by atoms with Crippen molar-refractivity contribution in [3.05, 3.63) is 33.9 Å². The summed E-state index contributed by atoms with van der Waals surface area (Å²) in [6.45, 7) is 1.94. The Morgan fingerprint density at radius 1 is 1.56 bits per heavy atom. The molecule has 0 aromatic carbocycles. The second-order valence-electron chi connectivity index (χ2n) is 3.45. The Bertz CT molecular complexity index is 541. The summed E-state index contributed by atoms with van der Waals surface area (Å²) in [5.41, 5.74) is 0.984. The van der Waals surface area contributed by atoms with E-state index in [-0.39, 0.29) is 5.91 Å². The van der Waals surface area contributed by atoms with Gasteiger partial charge in [0.2, 0.25) is 5.91 Å². The van der Waals surface area contributed by atoms with Gasteiger partial charge in [-0.15, -0.1) is 11.3 Å². The van der Waals surface area contributed by atoms with Crippen molar-refractivity contribution in [1.82, 2.24) is 9.97 Å². The first-order valence-corrected chi connectivity index (χ1v) is 7.75. The van der Waals surface area contributed by atoms with Crippen LogP contribution >= 0.6 is 39.0 Å². The smallest absolute Gasteiger partial charge is 0.235 e. The van der Waals surface area contributed by atoms with Crippen LogP contribution in [0.15, 0.2) is 32.5 Å². The van der Waals surface area contributed by atoms with Crippen LogP contribution in [0.25, 0.3) is 0 Å². The van der Waals surface area contributed by atoms with E-state index in [1.165, 1.54) is 11.8 Å². The number of thioether (sulfide) groups is 1. The fourth-order valence-corrected chi connectivity index (χ4v) is 3.04. The lowest BCUT2D eigenvalue weighted by Crippen LogP contribution is -2.14. The third-order valence-electron chi connectivity index (χ3n) is 1.92. The van der Waals surface area contributed by atoms with Crippen LogP contribution < -0.4 is 5.32 Å². The first-order chi connectivity index (χ1) is 8.63. The Labute approximate surface area is 121 Å². The number of nitrogens with zero attached hydrogens (tertiary/aromatic N) is 2. The van der Waals surface area contributed by atoms with E-state index in [9.17, 15) is 4.79 Å². The average molecular weight is 344 g/mol. The Morgan fingerprint density at radius 3 is 3.00 bits per heavy atom. The maximum absolute atomic E-state index is 11.7. The molecule has 1 amide bonds. The Hall–Kier alpha value is -0.920. The van der Waals surface area contributed by atoms with E-state index in [0.29, 0.717) is 11.6 Å². The highest BCUT2D eigenvalue weighted by atomic mass is 79.9. The zero-order valence-corrected chi connectivity index (χ0v) is 12.7. The van der Waals surface area contributed by atoms with Gasteiger partial charge in [-0.2, -0.15) is 0 Å². The largest absolute Gasteiger partial charge is 0.310 e. The highest BCUT2D eigenvalue weighted by Gasteiger charge is 2.06. The van der Waals surface area contributed by atoms with Gasteiger partial charge in [0.25, 0.3) is 0 Å². The number of thiazole rings is 1. The van der Waals surface area contributed by atoms with Gasteiger partial charge in [-0.1, -0.05) is 11.8 Å². The second kappa shape index (κ2) is 6.31. The first-order valence-electron chi connectivity index (χ1n) is 5.10. The average Bonchev–Trinajstić information content (AvgIpc) is 2.76. The molecule has 0 radical (unpaired) electrons. The molecule has 0 fully saturated rings. The van der Waals surface area contributed by atoms with E-state index in [4.69, 9.17) is 0 Å². The topological polar surface area (TPSA) is 54.9 Å². The molecule has 2 aromatic rings. The summed E-state index contributed by atoms with van der Waals surface area (Å²) in [6, 6.07) is 3.58. The van der Waals surface area contributed by atoms with Crippen molar-refractivity contribution in [3.8, 4) is 0 Å². The van der Waals surface area contributed by atoms with Crippen LogP contribution in [0.4, 0.5) is 5.82 Å². The summed E-state index contributed by atoms with van der Waals surface area (Å²) in [6.07, 6.45) is 1.65. The van der Waals surface area contributed by atoms with Crippen LogP contribution in [-0.4, -0.2) is 21.6 Å². The molecule has 0 aliphatic heterocycles. The Kier molecular flexibility index (Phi) is 4.73. The van der Waals surface area contributed by atoms with Gasteiger partial charge in [0.05, 0.1) is 5.75 Å². The fourth-order valence-electron chi connectivity index (χ4n) is 1.15. The quantitative estimate of drug-likeness (QED) is 0.865. The van der Waals surface area contributed by atoms with Crippen molar-refractivity contribution < 1.29 is 4.79 Å². The molecule has 2 aromatic heterocycles. The van der Waals surface area contributed by atoms with Crippen molar-refractivity contribution in [1.29, 1.82) is 0 Å². The standard InChI is InChI=1S/C11H10BrN3OS2/c1-7-5-17-11(14-7)18-6-10(16)15-9-3-2-8(12)4-13-9/h2-5H,6H2,1H3,(H,13,15,16). The number of hydrogen-bond donors (Lipinski definition) is 1. The van der Waals surface area contributed by atoms with Crippen LogP contribution in [0.3, 0.4) is 0 Å². The van der Waals surface area contributed by atoms with E-state index in [1.807, 2.05) is 18.4 Å². The number of anilines is 1. The zero-order valence-electron chi connectivity index (χ0n) is 9.51. The first kappa shape index (κ1) is 13.5. The van der Waals surface area contributed by atoms with E-state index >= 15 is 0 Å². The van der Waals surface area contributed by atoms with Gasteiger partial charge >= 0.3 is 0 Å². The lowest BCUT2D eigenvalue weighted by Gasteiger charge is -2.02. The van der Waals surface area contributed by atoms with Crippen LogP contribution in [0, 0.1) is 6.92 Å². The van der Waals surface area contributed by atoms with Gasteiger partial charge in [-0.05, 0) is 35.0 Å². The highest BCUT2D eigenvalue weighted by Crippen LogP contribution is 2.22. The molecule has 7 heteroatoms. The predicted molar refractivity (Wildman–Crippen MR) is 78.1 cm³/mol. The molecule has 1 N–H and O–H groups in total. The molecule has 2 heterocycles. The van der Waals surface area contributed by atoms with Crippen LogP contribution in [0.5, 0.6) is 0 Å². The molecule has 18 heavy (non-hydrogen) atoms.